The second kappa shape index (κ2) is 15.0. The molecule has 1 aromatic carbocycles. The van der Waals surface area contributed by atoms with Crippen molar-refractivity contribution in [3.63, 3.8) is 0 Å². The number of ether oxygens (including phenoxy) is 2. The lowest BCUT2D eigenvalue weighted by atomic mass is 9.67. The summed E-state index contributed by atoms with van der Waals surface area (Å²) in [6.45, 7) is 13.8. The smallest absolute Gasteiger partial charge is 0.324 e. The fourth-order valence-electron chi connectivity index (χ4n) is 9.37. The number of piperazine rings is 1. The Labute approximate surface area is 324 Å². The van der Waals surface area contributed by atoms with Crippen LogP contribution in [0.3, 0.4) is 0 Å². The SMILES string of the molecule is CCn1c2c3c4cc(ccc41)/C=C/CCC(NC(=O)[C@H]1C[C@@H]1C)C(=O)N1CCC[C@H](N1)C(=O)OCC(C)(C)C3[C@H](OC)c1ncc(N3CCN(C)CC3)cc1-2. The number of hydrogen-bond donors (Lipinski definition) is 2. The average Bonchev–Trinajstić information content (AvgIpc) is 3.85. The molecule has 55 heavy (non-hydrogen) atoms. The lowest BCUT2D eigenvalue weighted by Crippen LogP contribution is -2.60. The van der Waals surface area contributed by atoms with Crippen LogP contribution >= 0.6 is 0 Å². The number of hydrazine groups is 1. The molecule has 2 aliphatic carbocycles. The molecule has 12 heteroatoms. The summed E-state index contributed by atoms with van der Waals surface area (Å²) in [6.07, 6.45) is 8.93. The Morgan fingerprint density at radius 3 is 2.62 bits per heavy atom. The zero-order chi connectivity index (χ0) is 38.6. The van der Waals surface area contributed by atoms with Crippen molar-refractivity contribution in [1.82, 2.24) is 30.2 Å². The molecule has 5 aliphatic rings. The van der Waals surface area contributed by atoms with E-state index in [1.165, 1.54) is 10.6 Å². The largest absolute Gasteiger partial charge is 0.464 e. The zero-order valence-electron chi connectivity index (χ0n) is 33.3. The summed E-state index contributed by atoms with van der Waals surface area (Å²) < 4.78 is 15.1. The molecule has 6 atom stereocenters. The van der Waals surface area contributed by atoms with Crippen molar-refractivity contribution in [3.8, 4) is 11.3 Å². The normalized spacial score (nSPS) is 29.0. The summed E-state index contributed by atoms with van der Waals surface area (Å²) in [6, 6.07) is 7.57. The molecule has 294 valence electrons. The molecule has 3 fully saturated rings. The van der Waals surface area contributed by atoms with Crippen molar-refractivity contribution in [3.05, 3.63) is 53.4 Å². The Bertz CT molecular complexity index is 2000. The van der Waals surface area contributed by atoms with E-state index < -0.39 is 17.5 Å². The van der Waals surface area contributed by atoms with Gasteiger partial charge in [0.1, 0.15) is 18.2 Å². The molecule has 12 nitrogen and oxygen atoms in total. The third kappa shape index (κ3) is 7.06. The maximum absolute atomic E-state index is 14.0. The number of carbonyl (C=O) groups excluding carboxylic acids is 3. The number of pyridine rings is 1. The van der Waals surface area contributed by atoms with E-state index in [4.69, 9.17) is 14.5 Å². The number of esters is 1. The van der Waals surface area contributed by atoms with Crippen LogP contribution < -0.4 is 15.6 Å². The Hall–Kier alpha value is -4.26. The highest BCUT2D eigenvalue weighted by Crippen LogP contribution is 2.57. The van der Waals surface area contributed by atoms with Gasteiger partial charge in [-0.1, -0.05) is 39.0 Å². The summed E-state index contributed by atoms with van der Waals surface area (Å²) in [4.78, 5) is 50.9. The van der Waals surface area contributed by atoms with E-state index >= 15 is 0 Å². The molecule has 0 spiro atoms. The monoisotopic (exact) mass is 751 g/mol. The summed E-state index contributed by atoms with van der Waals surface area (Å²) in [5.74, 6) is -0.594. The van der Waals surface area contributed by atoms with Gasteiger partial charge in [-0.2, -0.15) is 0 Å². The minimum absolute atomic E-state index is 0.0486. The van der Waals surface area contributed by atoms with Crippen LogP contribution in [0.1, 0.15) is 88.6 Å². The number of carbonyl (C=O) groups is 3. The van der Waals surface area contributed by atoms with Gasteiger partial charge >= 0.3 is 5.97 Å². The van der Waals surface area contributed by atoms with Crippen LogP contribution in [-0.4, -0.2) is 103 Å². The van der Waals surface area contributed by atoms with E-state index in [-0.39, 0.29) is 42.3 Å². The van der Waals surface area contributed by atoms with E-state index in [9.17, 15) is 14.4 Å². The minimum atomic E-state index is -0.700. The lowest BCUT2D eigenvalue weighted by Gasteiger charge is -2.43. The molecular formula is C43H57N7O5. The van der Waals surface area contributed by atoms with E-state index in [1.807, 2.05) is 6.20 Å². The molecular weight excluding hydrogens is 695 g/mol. The summed E-state index contributed by atoms with van der Waals surface area (Å²) in [5, 5.41) is 5.73. The van der Waals surface area contributed by atoms with Crippen molar-refractivity contribution in [2.45, 2.75) is 90.4 Å². The topological polar surface area (TPSA) is 121 Å². The zero-order valence-corrected chi connectivity index (χ0v) is 33.3. The predicted octanol–water partition coefficient (Wildman–Crippen LogP) is 5.27. The number of nitrogens with zero attached hydrogens (tertiary/aromatic N) is 5. The summed E-state index contributed by atoms with van der Waals surface area (Å²) in [7, 11) is 3.93. The van der Waals surface area contributed by atoms with Gasteiger partial charge in [-0.3, -0.25) is 24.4 Å². The van der Waals surface area contributed by atoms with Crippen molar-refractivity contribution < 1.29 is 23.9 Å². The van der Waals surface area contributed by atoms with Crippen LogP contribution in [0.25, 0.3) is 28.2 Å². The van der Waals surface area contributed by atoms with Gasteiger partial charge in [0.25, 0.3) is 5.91 Å². The molecule has 0 radical (unpaired) electrons. The number of aromatic nitrogens is 2. The Morgan fingerprint density at radius 2 is 1.89 bits per heavy atom. The summed E-state index contributed by atoms with van der Waals surface area (Å²) in [5.41, 5.74) is 10.2. The van der Waals surface area contributed by atoms with Gasteiger partial charge in [0.2, 0.25) is 5.91 Å². The van der Waals surface area contributed by atoms with Crippen molar-refractivity contribution in [2.24, 2.45) is 17.3 Å². The third-order valence-electron chi connectivity index (χ3n) is 12.8. The molecule has 2 N–H and O–H groups in total. The van der Waals surface area contributed by atoms with Crippen LogP contribution in [0.15, 0.2) is 36.5 Å². The fourth-order valence-corrected chi connectivity index (χ4v) is 9.37. The number of rotatable bonds is 5. The first-order valence-corrected chi connectivity index (χ1v) is 20.3. The molecule has 8 rings (SSSR count). The maximum atomic E-state index is 14.0. The van der Waals surface area contributed by atoms with Crippen LogP contribution in [0.2, 0.25) is 0 Å². The van der Waals surface area contributed by atoms with Gasteiger partial charge < -0.3 is 29.2 Å². The Morgan fingerprint density at radius 1 is 1.11 bits per heavy atom. The van der Waals surface area contributed by atoms with Gasteiger partial charge in [-0.15, -0.1) is 0 Å². The molecule has 2 aromatic heterocycles. The van der Waals surface area contributed by atoms with Gasteiger partial charge in [0.05, 0.1) is 29.9 Å². The predicted molar refractivity (Wildman–Crippen MR) is 213 cm³/mol. The molecule has 3 aliphatic heterocycles. The van der Waals surface area contributed by atoms with E-state index in [2.05, 4.69) is 96.3 Å². The van der Waals surface area contributed by atoms with Crippen molar-refractivity contribution in [2.75, 3.05) is 58.4 Å². The average molecular weight is 752 g/mol. The fraction of sp³-hybridized carbons (Fsp3) is 0.581. The molecule has 5 heterocycles. The van der Waals surface area contributed by atoms with E-state index in [0.717, 1.165) is 78.2 Å². The van der Waals surface area contributed by atoms with Crippen LogP contribution in [0.5, 0.6) is 0 Å². The van der Waals surface area contributed by atoms with E-state index in [0.29, 0.717) is 38.1 Å². The number of nitrogens with one attached hydrogen (secondary N) is 2. The molecule has 1 saturated carbocycles. The first-order chi connectivity index (χ1) is 26.5. The van der Waals surface area contributed by atoms with Crippen molar-refractivity contribution >= 4 is 40.4 Å². The first kappa shape index (κ1) is 37.7. The van der Waals surface area contributed by atoms with Crippen LogP contribution in [0.4, 0.5) is 5.69 Å². The molecule has 3 aromatic rings. The first-order valence-electron chi connectivity index (χ1n) is 20.3. The van der Waals surface area contributed by atoms with Gasteiger partial charge in [-0.25, -0.2) is 5.43 Å². The van der Waals surface area contributed by atoms with Gasteiger partial charge in [0, 0.05) is 80.1 Å². The molecule has 4 bridgehead atoms. The highest BCUT2D eigenvalue weighted by atomic mass is 16.5. The highest BCUT2D eigenvalue weighted by Gasteiger charge is 2.48. The molecule has 2 amide bonds. The van der Waals surface area contributed by atoms with Crippen molar-refractivity contribution in [1.29, 1.82) is 0 Å². The quantitative estimate of drug-likeness (QED) is 0.336. The number of aryl methyl sites for hydroxylation is 1. The second-order valence-electron chi connectivity index (χ2n) is 17.1. The number of methoxy groups -OCH3 is 1. The van der Waals surface area contributed by atoms with Crippen LogP contribution in [0, 0.1) is 17.3 Å². The minimum Gasteiger partial charge on any atom is -0.464 e. The Balaban J connectivity index is 1.23. The lowest BCUT2D eigenvalue weighted by molar-refractivity contribution is -0.156. The molecule has 2 saturated heterocycles. The second-order valence-corrected chi connectivity index (χ2v) is 17.1. The molecule has 2 unspecified atom stereocenters. The number of allylic oxidation sites excluding steroid dienone is 1. The standard InChI is InChI=1S/C43H57N7O5/c1-7-49-34-15-14-27-11-8-9-12-32(45-40(51)29-21-26(29)2)41(52)50-16-10-13-33(46-50)42(53)55-25-43(3,4)36-35(30(34)22-27)38(49)31-23-28(24-44-37(31)39(36)54-6)48-19-17-47(5)18-20-48/h8,11,14-15,22-24,26,29,32-33,36,39,46H,7,9-10,12-13,16-21,25H2,1-6H3,(H,45,51)/b11-8+/t26-,29-,32?,33-,36?,39-/m0/s1. The van der Waals surface area contributed by atoms with Crippen LogP contribution in [-0.2, 0) is 30.4 Å². The number of fused-ring (bicyclic) bond motifs is 5. The van der Waals surface area contributed by atoms with Gasteiger partial charge in [0.15, 0.2) is 0 Å². The number of likely N-dealkylation sites (N-methyl/N-ethyl adjacent to an activating group) is 1. The number of cyclic esters (lactones) is 1. The number of benzene rings is 1. The Kier molecular flexibility index (Phi) is 10.3. The van der Waals surface area contributed by atoms with E-state index in [1.54, 1.807) is 7.11 Å². The third-order valence-corrected chi connectivity index (χ3v) is 12.8. The number of hydrogen-bond acceptors (Lipinski definition) is 9. The van der Waals surface area contributed by atoms with Gasteiger partial charge in [-0.05, 0) is 81.3 Å². The number of anilines is 1. The maximum Gasteiger partial charge on any atom is 0.324 e. The highest BCUT2D eigenvalue weighted by molar-refractivity contribution is 5.96. The summed E-state index contributed by atoms with van der Waals surface area (Å²) >= 11 is 0. The number of amides is 2.